The molecule has 0 heterocycles. The summed E-state index contributed by atoms with van der Waals surface area (Å²) in [6.07, 6.45) is 39.7. The Morgan fingerprint density at radius 3 is 0.950 bits per heavy atom. The number of hydrogen-bond acceptors (Lipinski definition) is 2. The quantitative estimate of drug-likeness (QED) is 0.0469. The van der Waals surface area contributed by atoms with E-state index >= 15 is 0 Å². The first-order valence-electron chi connectivity index (χ1n) is 54.3. The molecule has 23 rings (SSSR count). The molecule has 0 spiro atoms. The molecule has 0 saturated heterocycles. The lowest BCUT2D eigenvalue weighted by Gasteiger charge is -2.50. The molecule has 10 aliphatic carbocycles. The van der Waals surface area contributed by atoms with Gasteiger partial charge in [-0.3, -0.25) is 0 Å². The standard InChI is InChI=1S/C134H146O2Si5/c1-89-66-115-67-92(40-38-90-28-18-13-19-29-90)43-47-108(115)85-131(89)138(5,6)135-139(7,8)133-87-120-72-111(127-76-102-46-44-94(64-65-137(2,3)4)69-116(102)82-122(127)97-32-22-15-23-33-97)60-54-106(120)80-130(133)114-63-57-107-81-129(113-62-56-105-78-126(110-59-51-96-49-53-101(96)71-110)124(84-119(105)74-113)99-36-26-17-27-37-99)134(88-121(107)75-114)141(11,12)136-140(9,10)132-86-117-68-93(41-39-91-30-20-14-21-31-91)42-45-103(117)79-128(132)112-61-55-104-77-125(109-58-50-95-48-52-100(95)70-109)123(83-118(104)73-112)98-34-24-16-25-35-98/h13-47,50-51,54-65,67-75,89,104,118,122-134H,48-49,52-53,66,76-88H2,1-12H3/b40-38-,41-39+,65-64+. The molecule has 10 aliphatic rings. The van der Waals surface area contributed by atoms with E-state index in [2.05, 4.69) is 431 Å². The van der Waals surface area contributed by atoms with Crippen LogP contribution in [0.15, 0.2) is 327 Å². The third-order valence-electron chi connectivity index (χ3n) is 36.9. The predicted molar refractivity (Wildman–Crippen MR) is 608 cm³/mol. The average molecular weight is 1930 g/mol. The lowest BCUT2D eigenvalue weighted by atomic mass is 9.61. The lowest BCUT2D eigenvalue weighted by molar-refractivity contribution is 0.262. The molecule has 7 heteroatoms. The zero-order chi connectivity index (χ0) is 96.2. The molecule has 2 nitrogen and oxygen atoms in total. The molecule has 16 unspecified atom stereocenters. The third-order valence-corrected chi connectivity index (χ3v) is 56.2. The fraction of sp³-hybridized carbons (Fsp3) is 0.343. The summed E-state index contributed by atoms with van der Waals surface area (Å²) in [5.74, 6) is 4.92. The van der Waals surface area contributed by atoms with Crippen molar-refractivity contribution in [1.82, 2.24) is 0 Å². The monoisotopic (exact) mass is 1930 g/mol. The highest BCUT2D eigenvalue weighted by atomic mass is 28.4. The first-order valence-corrected chi connectivity index (χ1v) is 69.8. The van der Waals surface area contributed by atoms with Crippen LogP contribution in [0.3, 0.4) is 0 Å². The van der Waals surface area contributed by atoms with Crippen molar-refractivity contribution in [2.24, 2.45) is 23.7 Å². The van der Waals surface area contributed by atoms with E-state index in [0.29, 0.717) is 93.2 Å². The number of fused-ring (bicyclic) bond motifs is 9. The molecule has 714 valence electrons. The van der Waals surface area contributed by atoms with Crippen LogP contribution in [-0.4, -0.2) is 41.3 Å². The van der Waals surface area contributed by atoms with Crippen LogP contribution in [0.4, 0.5) is 0 Å². The van der Waals surface area contributed by atoms with Crippen molar-refractivity contribution in [2.75, 3.05) is 0 Å². The molecule has 1 saturated carbocycles. The van der Waals surface area contributed by atoms with Crippen molar-refractivity contribution < 1.29 is 8.23 Å². The summed E-state index contributed by atoms with van der Waals surface area (Å²) in [4.78, 5) is 0. The Morgan fingerprint density at radius 2 is 0.518 bits per heavy atom. The summed E-state index contributed by atoms with van der Waals surface area (Å²) < 4.78 is 17.4. The van der Waals surface area contributed by atoms with E-state index in [1.54, 1.807) is 66.8 Å². The molecule has 141 heavy (non-hydrogen) atoms. The van der Waals surface area contributed by atoms with Gasteiger partial charge in [0.15, 0.2) is 33.3 Å². The third kappa shape index (κ3) is 19.5. The van der Waals surface area contributed by atoms with Crippen molar-refractivity contribution in [3.63, 3.8) is 0 Å². The smallest absolute Gasteiger partial charge is 0.177 e. The Bertz CT molecular complexity index is 6990. The maximum Gasteiger partial charge on any atom is 0.177 e. The van der Waals surface area contributed by atoms with Crippen LogP contribution in [-0.2, 0) is 111 Å². The molecule has 0 amide bonds. The van der Waals surface area contributed by atoms with Gasteiger partial charge in [0.05, 0.1) is 8.07 Å². The van der Waals surface area contributed by atoms with Crippen LogP contribution in [0.1, 0.15) is 228 Å². The summed E-state index contributed by atoms with van der Waals surface area (Å²) in [6.45, 7) is 31.4. The minimum absolute atomic E-state index is 0.292. The number of hydrogen-bond donors (Lipinski definition) is 0. The molecular formula is C134H146O2Si5. The van der Waals surface area contributed by atoms with Crippen molar-refractivity contribution in [2.45, 2.75) is 264 Å². The molecule has 0 bridgehead atoms. The van der Waals surface area contributed by atoms with Gasteiger partial charge in [-0.2, -0.15) is 0 Å². The van der Waals surface area contributed by atoms with E-state index in [9.17, 15) is 0 Å². The fourth-order valence-corrected chi connectivity index (χ4v) is 51.3. The summed E-state index contributed by atoms with van der Waals surface area (Å²) in [6, 6.07) is 118. The van der Waals surface area contributed by atoms with Gasteiger partial charge in [-0.1, -0.05) is 378 Å². The zero-order valence-corrected chi connectivity index (χ0v) is 90.8. The van der Waals surface area contributed by atoms with Crippen LogP contribution in [0, 0.1) is 23.7 Å². The summed E-state index contributed by atoms with van der Waals surface area (Å²) in [7, 11) is -11.9. The molecule has 0 aliphatic heterocycles. The van der Waals surface area contributed by atoms with Gasteiger partial charge in [0.2, 0.25) is 0 Å². The zero-order valence-electron chi connectivity index (χ0n) is 85.8. The maximum atomic E-state index is 8.91. The molecule has 0 aromatic heterocycles. The summed E-state index contributed by atoms with van der Waals surface area (Å²) in [5, 5.41) is 0. The first kappa shape index (κ1) is 94.2. The highest BCUT2D eigenvalue weighted by molar-refractivity contribution is 6.87. The van der Waals surface area contributed by atoms with Gasteiger partial charge in [-0.25, -0.2) is 0 Å². The molecule has 16 atom stereocenters. The minimum Gasteiger partial charge on any atom is -0.455 e. The molecule has 1 fully saturated rings. The van der Waals surface area contributed by atoms with Crippen molar-refractivity contribution >= 4 is 71.7 Å². The van der Waals surface area contributed by atoms with Gasteiger partial charge in [0.1, 0.15) is 0 Å². The second-order valence-corrected chi connectivity index (χ2v) is 70.9. The van der Waals surface area contributed by atoms with Crippen LogP contribution >= 0.6 is 0 Å². The van der Waals surface area contributed by atoms with Crippen LogP contribution in [0.25, 0.3) is 30.4 Å². The first-order chi connectivity index (χ1) is 68.2. The average Bonchev–Trinajstić information content (AvgIpc) is 0.731. The number of benzene rings is 13. The van der Waals surface area contributed by atoms with E-state index in [4.69, 9.17) is 8.23 Å². The van der Waals surface area contributed by atoms with Crippen LogP contribution < -0.4 is 0 Å². The van der Waals surface area contributed by atoms with Crippen molar-refractivity contribution in [3.8, 4) is 0 Å². The lowest BCUT2D eigenvalue weighted by Crippen LogP contribution is -2.54. The van der Waals surface area contributed by atoms with E-state index in [1.165, 1.54) is 139 Å². The highest BCUT2D eigenvalue weighted by Crippen LogP contribution is 2.59. The van der Waals surface area contributed by atoms with Crippen LogP contribution in [0.5, 0.6) is 0 Å². The van der Waals surface area contributed by atoms with E-state index < -0.39 is 41.3 Å². The van der Waals surface area contributed by atoms with Gasteiger partial charge in [-0.05, 0) is 428 Å². The fourth-order valence-electron chi connectivity index (χ4n) is 29.2. The van der Waals surface area contributed by atoms with Crippen molar-refractivity contribution in [3.05, 3.63) is 488 Å². The van der Waals surface area contributed by atoms with Crippen molar-refractivity contribution in [1.29, 1.82) is 0 Å². The second kappa shape index (κ2) is 38.6. The topological polar surface area (TPSA) is 18.5 Å². The molecule has 0 N–H and O–H groups in total. The number of aryl methyl sites for hydroxylation is 4. The number of rotatable bonds is 23. The largest absolute Gasteiger partial charge is 0.455 e. The van der Waals surface area contributed by atoms with Crippen LogP contribution in [0.2, 0.25) is 94.2 Å². The van der Waals surface area contributed by atoms with E-state index in [0.717, 1.165) is 77.0 Å². The normalized spacial score (nSPS) is 25.2. The Labute approximate surface area is 849 Å². The van der Waals surface area contributed by atoms with Gasteiger partial charge in [-0.15, -0.1) is 0 Å². The van der Waals surface area contributed by atoms with Gasteiger partial charge in [0, 0.05) is 0 Å². The molecule has 13 aromatic carbocycles. The summed E-state index contributed by atoms with van der Waals surface area (Å²) in [5.41, 5.74) is 48.8. The predicted octanol–water partition coefficient (Wildman–Crippen LogP) is 33.5. The second-order valence-electron chi connectivity index (χ2n) is 48.4. The van der Waals surface area contributed by atoms with Gasteiger partial charge in [0.25, 0.3) is 0 Å². The Morgan fingerprint density at radius 1 is 0.227 bits per heavy atom. The highest BCUT2D eigenvalue weighted by Gasteiger charge is 2.54. The van der Waals surface area contributed by atoms with E-state index in [-0.39, 0.29) is 0 Å². The maximum absolute atomic E-state index is 8.91. The number of allylic oxidation sites excluding steroid dienone is 4. The molecule has 0 radical (unpaired) electrons. The SMILES string of the molecule is CC1Cc2cc(/C=C\c3ccccc3)ccc2CC1[Si](C)(C)O[Si](C)(C)C1Cc2cc(C3Cc4ccc(/C=C/[Si](C)(C)C)cc4CC3c3ccccc3)ccc2CC1c1ccc2c(c1)CC([Si](C)(C)O[Si](C)(C)C1Cc3cc(/C=C/c4ccccc4)ccc3CC1C1=CC3CC(c4ccccc4)C(c4ccc5c(c4)CC5)CC3C=C1)C(c1ccc3c(c1)CC(c1ccccc1)C(c1ccc4c(c1)CC4)C3)C2. The van der Waals surface area contributed by atoms with Gasteiger partial charge < -0.3 is 8.23 Å². The minimum atomic E-state index is -2.76. The molecular weight excluding hydrogens is 1780 g/mol. The molecule has 13 aromatic rings. The Balaban J connectivity index is 0.611. The van der Waals surface area contributed by atoms with Gasteiger partial charge >= 0.3 is 0 Å². The Kier molecular flexibility index (Phi) is 25.8. The Hall–Kier alpha value is -10.4. The summed E-state index contributed by atoms with van der Waals surface area (Å²) >= 11 is 0. The van der Waals surface area contributed by atoms with E-state index in [1.807, 2.05) is 0 Å².